The van der Waals surface area contributed by atoms with Crippen molar-refractivity contribution in [3.05, 3.63) is 0 Å². The smallest absolute Gasteiger partial charge is 0.0531 e. The van der Waals surface area contributed by atoms with E-state index in [1.807, 2.05) is 27.7 Å². The summed E-state index contributed by atoms with van der Waals surface area (Å²) in [6.45, 7) is 8.10. The summed E-state index contributed by atoms with van der Waals surface area (Å²) in [5.74, 6) is 0. The van der Waals surface area contributed by atoms with Gasteiger partial charge in [-0.25, -0.2) is 0 Å². The summed E-state index contributed by atoms with van der Waals surface area (Å²) < 4.78 is 0. The maximum atomic E-state index is 8.66. The molecule has 0 bridgehead atoms. The van der Waals surface area contributed by atoms with Crippen molar-refractivity contribution in [2.24, 2.45) is 5.41 Å². The van der Waals surface area contributed by atoms with Gasteiger partial charge in [0, 0.05) is 25.2 Å². The largest absolute Gasteiger partial charge is 0.396 e. The fourth-order valence-electron chi connectivity index (χ4n) is 0.485. The van der Waals surface area contributed by atoms with Gasteiger partial charge >= 0.3 is 0 Å². The van der Waals surface area contributed by atoms with Gasteiger partial charge in [0.25, 0.3) is 0 Å². The number of rotatable bonds is 7. The molecule has 0 rings (SSSR count). The molecule has 0 atom stereocenters. The Hall–Kier alpha value is -0.240. The second-order valence-corrected chi connectivity index (χ2v) is 4.50. The zero-order valence-electron chi connectivity index (χ0n) is 14.3. The molecule has 0 aromatic carbocycles. The standard InChI is InChI=1S/C6H14O3.3C3H8O/c1-2-6(3-7,4-8)5-9;3*1-2-3-4/h7-9H,2-5H2,1H3;3*4H,2-3H2,1H3. The molecule has 134 valence electrons. The van der Waals surface area contributed by atoms with E-state index < -0.39 is 5.41 Å². The minimum Gasteiger partial charge on any atom is -0.396 e. The molecular weight excluding hydrogens is 276 g/mol. The summed E-state index contributed by atoms with van der Waals surface area (Å²) in [4.78, 5) is 0. The van der Waals surface area contributed by atoms with Crippen molar-refractivity contribution >= 4 is 0 Å². The average molecular weight is 314 g/mol. The Morgan fingerprint density at radius 2 is 0.714 bits per heavy atom. The molecule has 0 aliphatic heterocycles. The monoisotopic (exact) mass is 314 g/mol. The van der Waals surface area contributed by atoms with E-state index in [1.165, 1.54) is 0 Å². The Morgan fingerprint density at radius 3 is 0.714 bits per heavy atom. The van der Waals surface area contributed by atoms with E-state index >= 15 is 0 Å². The maximum absolute atomic E-state index is 8.66. The lowest BCUT2D eigenvalue weighted by Crippen LogP contribution is -2.32. The first-order valence-corrected chi connectivity index (χ1v) is 7.64. The zero-order valence-corrected chi connectivity index (χ0v) is 14.3. The highest BCUT2D eigenvalue weighted by molar-refractivity contribution is 4.74. The van der Waals surface area contributed by atoms with Crippen molar-refractivity contribution in [2.75, 3.05) is 39.6 Å². The van der Waals surface area contributed by atoms with Crippen molar-refractivity contribution in [1.82, 2.24) is 0 Å². The van der Waals surface area contributed by atoms with E-state index in [2.05, 4.69) is 0 Å². The molecule has 0 spiro atoms. The van der Waals surface area contributed by atoms with Crippen molar-refractivity contribution in [1.29, 1.82) is 0 Å². The van der Waals surface area contributed by atoms with Crippen LogP contribution in [0.5, 0.6) is 0 Å². The third-order valence-corrected chi connectivity index (χ3v) is 2.43. The second kappa shape index (κ2) is 28.0. The topological polar surface area (TPSA) is 121 Å². The van der Waals surface area contributed by atoms with Crippen LogP contribution in [0.2, 0.25) is 0 Å². The average Bonchev–Trinajstić information content (AvgIpc) is 2.58. The Labute approximate surface area is 130 Å². The molecule has 0 amide bonds. The van der Waals surface area contributed by atoms with E-state index in [0.29, 0.717) is 26.2 Å². The van der Waals surface area contributed by atoms with Crippen molar-refractivity contribution in [3.8, 4) is 0 Å². The highest BCUT2D eigenvalue weighted by Crippen LogP contribution is 2.18. The van der Waals surface area contributed by atoms with E-state index in [-0.39, 0.29) is 19.8 Å². The molecule has 21 heavy (non-hydrogen) atoms. The fraction of sp³-hybridized carbons (Fsp3) is 1.00. The van der Waals surface area contributed by atoms with Gasteiger partial charge in [-0.05, 0) is 25.7 Å². The number of hydrogen-bond donors (Lipinski definition) is 6. The molecule has 6 heteroatoms. The SMILES string of the molecule is CCC(CO)(CO)CO.CCCO.CCCO.CCCO. The minimum atomic E-state index is -0.667. The van der Waals surface area contributed by atoms with Crippen LogP contribution in [0.25, 0.3) is 0 Å². The molecule has 0 fully saturated rings. The lowest BCUT2D eigenvalue weighted by Gasteiger charge is -2.24. The molecule has 0 heterocycles. The Balaban J connectivity index is -0.000000102. The third kappa shape index (κ3) is 28.6. The summed E-state index contributed by atoms with van der Waals surface area (Å²) >= 11 is 0. The first-order valence-electron chi connectivity index (χ1n) is 7.64. The van der Waals surface area contributed by atoms with Gasteiger partial charge < -0.3 is 30.6 Å². The van der Waals surface area contributed by atoms with Crippen LogP contribution in [0.1, 0.15) is 53.4 Å². The zero-order chi connectivity index (χ0) is 17.6. The first-order chi connectivity index (χ1) is 9.99. The summed E-state index contributed by atoms with van der Waals surface area (Å²) in [5, 5.41) is 49.6. The van der Waals surface area contributed by atoms with Gasteiger partial charge in [-0.1, -0.05) is 27.7 Å². The van der Waals surface area contributed by atoms with Crippen LogP contribution in [-0.2, 0) is 0 Å². The second-order valence-electron chi connectivity index (χ2n) is 4.50. The van der Waals surface area contributed by atoms with Crippen LogP contribution < -0.4 is 0 Å². The molecule has 0 aromatic rings. The van der Waals surface area contributed by atoms with Crippen LogP contribution in [0, 0.1) is 5.41 Å². The van der Waals surface area contributed by atoms with Gasteiger partial charge in [0.1, 0.15) is 0 Å². The Kier molecular flexibility index (Phi) is 38.5. The number of aliphatic hydroxyl groups is 6. The van der Waals surface area contributed by atoms with Crippen molar-refractivity contribution in [3.63, 3.8) is 0 Å². The van der Waals surface area contributed by atoms with E-state index in [4.69, 9.17) is 30.6 Å². The summed E-state index contributed by atoms with van der Waals surface area (Å²) in [6, 6.07) is 0. The Morgan fingerprint density at radius 1 is 0.524 bits per heavy atom. The molecule has 6 N–H and O–H groups in total. The van der Waals surface area contributed by atoms with Gasteiger partial charge in [-0.15, -0.1) is 0 Å². The first kappa shape index (κ1) is 28.9. The molecule has 0 aliphatic rings. The molecule has 0 radical (unpaired) electrons. The van der Waals surface area contributed by atoms with Gasteiger partial charge in [0.2, 0.25) is 0 Å². The van der Waals surface area contributed by atoms with Crippen molar-refractivity contribution in [2.45, 2.75) is 53.4 Å². The molecule has 0 aliphatic carbocycles. The molecular formula is C15H38O6. The predicted octanol–water partition coefficient (Wildman–Crippen LogP) is 0.526. The number of hydrogen-bond acceptors (Lipinski definition) is 6. The van der Waals surface area contributed by atoms with E-state index in [1.54, 1.807) is 0 Å². The molecule has 6 nitrogen and oxygen atoms in total. The van der Waals surface area contributed by atoms with Crippen LogP contribution in [0.4, 0.5) is 0 Å². The minimum absolute atomic E-state index is 0.156. The lowest BCUT2D eigenvalue weighted by molar-refractivity contribution is 0.00304. The Bertz CT molecular complexity index is 107. The van der Waals surface area contributed by atoms with E-state index in [9.17, 15) is 0 Å². The highest BCUT2D eigenvalue weighted by atomic mass is 16.3. The van der Waals surface area contributed by atoms with Gasteiger partial charge in [-0.3, -0.25) is 0 Å². The highest BCUT2D eigenvalue weighted by Gasteiger charge is 2.24. The lowest BCUT2D eigenvalue weighted by atomic mass is 9.88. The molecule has 0 unspecified atom stereocenters. The predicted molar refractivity (Wildman–Crippen MR) is 86.1 cm³/mol. The molecule has 0 saturated carbocycles. The van der Waals surface area contributed by atoms with Crippen LogP contribution in [0.15, 0.2) is 0 Å². The summed E-state index contributed by atoms with van der Waals surface area (Å²) in [7, 11) is 0. The summed E-state index contributed by atoms with van der Waals surface area (Å²) in [5.41, 5.74) is -0.667. The van der Waals surface area contributed by atoms with Gasteiger partial charge in [-0.2, -0.15) is 0 Å². The fourth-order valence-corrected chi connectivity index (χ4v) is 0.485. The number of aliphatic hydroxyl groups excluding tert-OH is 6. The van der Waals surface area contributed by atoms with Crippen LogP contribution in [-0.4, -0.2) is 70.3 Å². The maximum Gasteiger partial charge on any atom is 0.0531 e. The van der Waals surface area contributed by atoms with E-state index in [0.717, 1.165) is 19.3 Å². The quantitative estimate of drug-likeness (QED) is 0.407. The van der Waals surface area contributed by atoms with Crippen molar-refractivity contribution < 1.29 is 30.6 Å². The van der Waals surface area contributed by atoms with Gasteiger partial charge in [0.05, 0.1) is 19.8 Å². The third-order valence-electron chi connectivity index (χ3n) is 2.43. The van der Waals surface area contributed by atoms with Crippen LogP contribution >= 0.6 is 0 Å². The summed E-state index contributed by atoms with van der Waals surface area (Å²) in [6.07, 6.45) is 3.22. The molecule has 0 saturated heterocycles. The van der Waals surface area contributed by atoms with Gasteiger partial charge in [0.15, 0.2) is 0 Å². The van der Waals surface area contributed by atoms with Crippen LogP contribution in [0.3, 0.4) is 0 Å². The normalized spacial score (nSPS) is 9.43. The molecule has 0 aromatic heterocycles.